The van der Waals surface area contributed by atoms with Crippen molar-refractivity contribution in [3.05, 3.63) is 42.0 Å². The van der Waals surface area contributed by atoms with Gasteiger partial charge in [-0.05, 0) is 18.6 Å². The van der Waals surface area contributed by atoms with Crippen molar-refractivity contribution in [2.24, 2.45) is 0 Å². The Kier molecular flexibility index (Phi) is 3.56. The molecule has 0 aliphatic rings. The van der Waals surface area contributed by atoms with E-state index in [0.29, 0.717) is 17.8 Å². The summed E-state index contributed by atoms with van der Waals surface area (Å²) in [5, 5.41) is 14.8. The van der Waals surface area contributed by atoms with Gasteiger partial charge >= 0.3 is 6.09 Å². The Morgan fingerprint density at radius 1 is 1.37 bits per heavy atom. The standard InChI is InChI=1S/C12H12N4O3/c1-8(17)10-2-9(3-13-4-10)6-16-7-11(5-14-16)15-12(18)19/h2-5,7,15H,6H2,1H3,(H,18,19). The molecular weight excluding hydrogens is 248 g/mol. The molecule has 2 heterocycles. The quantitative estimate of drug-likeness (QED) is 0.814. The molecule has 0 fully saturated rings. The SMILES string of the molecule is CC(=O)c1cncc(Cn2cc(NC(=O)O)cn2)c1. The van der Waals surface area contributed by atoms with Gasteiger partial charge in [0, 0.05) is 24.2 Å². The van der Waals surface area contributed by atoms with Gasteiger partial charge in [-0.1, -0.05) is 0 Å². The van der Waals surface area contributed by atoms with Crippen molar-refractivity contribution in [1.29, 1.82) is 0 Å². The van der Waals surface area contributed by atoms with E-state index in [-0.39, 0.29) is 5.78 Å². The van der Waals surface area contributed by atoms with Crippen LogP contribution in [0, 0.1) is 0 Å². The summed E-state index contributed by atoms with van der Waals surface area (Å²) >= 11 is 0. The Balaban J connectivity index is 2.12. The first-order chi connectivity index (χ1) is 9.04. The summed E-state index contributed by atoms with van der Waals surface area (Å²) in [7, 11) is 0. The molecule has 2 N–H and O–H groups in total. The lowest BCUT2D eigenvalue weighted by Crippen LogP contribution is -2.06. The van der Waals surface area contributed by atoms with E-state index in [1.165, 1.54) is 19.3 Å². The van der Waals surface area contributed by atoms with E-state index in [9.17, 15) is 9.59 Å². The molecule has 7 heteroatoms. The van der Waals surface area contributed by atoms with Gasteiger partial charge in [-0.15, -0.1) is 0 Å². The molecule has 0 spiro atoms. The maximum Gasteiger partial charge on any atom is 0.409 e. The second kappa shape index (κ2) is 5.30. The molecule has 19 heavy (non-hydrogen) atoms. The molecule has 0 aliphatic carbocycles. The lowest BCUT2D eigenvalue weighted by atomic mass is 10.1. The number of pyridine rings is 1. The minimum absolute atomic E-state index is 0.0527. The van der Waals surface area contributed by atoms with Crippen LogP contribution in [0.5, 0.6) is 0 Å². The Morgan fingerprint density at radius 2 is 2.16 bits per heavy atom. The number of nitrogens with zero attached hydrogens (tertiary/aromatic N) is 3. The summed E-state index contributed by atoms with van der Waals surface area (Å²) in [5.74, 6) is -0.0527. The van der Waals surface area contributed by atoms with E-state index in [4.69, 9.17) is 5.11 Å². The van der Waals surface area contributed by atoms with E-state index < -0.39 is 6.09 Å². The molecule has 98 valence electrons. The van der Waals surface area contributed by atoms with Gasteiger partial charge in [0.1, 0.15) is 0 Å². The second-order valence-electron chi connectivity index (χ2n) is 3.99. The zero-order chi connectivity index (χ0) is 13.8. The van der Waals surface area contributed by atoms with Gasteiger partial charge in [0.05, 0.1) is 18.4 Å². The number of hydrogen-bond donors (Lipinski definition) is 2. The van der Waals surface area contributed by atoms with Gasteiger partial charge in [0.2, 0.25) is 0 Å². The number of rotatable bonds is 4. The van der Waals surface area contributed by atoms with Crippen molar-refractivity contribution in [2.45, 2.75) is 13.5 Å². The summed E-state index contributed by atoms with van der Waals surface area (Å²) < 4.78 is 1.56. The van der Waals surface area contributed by atoms with Crippen LogP contribution in [0.1, 0.15) is 22.8 Å². The minimum Gasteiger partial charge on any atom is -0.465 e. The second-order valence-corrected chi connectivity index (χ2v) is 3.99. The van der Waals surface area contributed by atoms with Crippen LogP contribution in [0.2, 0.25) is 0 Å². The first kappa shape index (κ1) is 12.7. The fourth-order valence-electron chi connectivity index (χ4n) is 1.59. The molecule has 2 aromatic rings. The number of amides is 1. The molecule has 7 nitrogen and oxygen atoms in total. The van der Waals surface area contributed by atoms with Gasteiger partial charge in [-0.25, -0.2) is 4.79 Å². The largest absolute Gasteiger partial charge is 0.465 e. The van der Waals surface area contributed by atoms with Crippen LogP contribution in [0.3, 0.4) is 0 Å². The van der Waals surface area contributed by atoms with Gasteiger partial charge in [0.25, 0.3) is 0 Å². The predicted octanol–water partition coefficient (Wildman–Crippen LogP) is 1.62. The number of hydrogen-bond acceptors (Lipinski definition) is 4. The van der Waals surface area contributed by atoms with Crippen LogP contribution >= 0.6 is 0 Å². The number of ketones is 1. The average molecular weight is 260 g/mol. The van der Waals surface area contributed by atoms with Gasteiger partial charge in [-0.2, -0.15) is 5.10 Å². The van der Waals surface area contributed by atoms with Crippen molar-refractivity contribution in [2.75, 3.05) is 5.32 Å². The number of carboxylic acid groups (broad SMARTS) is 1. The maximum atomic E-state index is 11.2. The minimum atomic E-state index is -1.14. The number of carbonyl (C=O) groups excluding carboxylic acids is 1. The molecular formula is C12H12N4O3. The van der Waals surface area contributed by atoms with Crippen molar-refractivity contribution in [3.8, 4) is 0 Å². The van der Waals surface area contributed by atoms with E-state index in [2.05, 4.69) is 15.4 Å². The highest BCUT2D eigenvalue weighted by Gasteiger charge is 2.05. The number of carbonyl (C=O) groups is 2. The zero-order valence-corrected chi connectivity index (χ0v) is 10.2. The molecule has 0 radical (unpaired) electrons. The molecule has 0 aliphatic heterocycles. The highest BCUT2D eigenvalue weighted by Crippen LogP contribution is 2.09. The zero-order valence-electron chi connectivity index (χ0n) is 10.2. The summed E-state index contributed by atoms with van der Waals surface area (Å²) in [5.41, 5.74) is 1.74. The molecule has 0 bridgehead atoms. The first-order valence-electron chi connectivity index (χ1n) is 5.52. The summed E-state index contributed by atoms with van der Waals surface area (Å²) in [6.45, 7) is 1.89. The van der Waals surface area contributed by atoms with Crippen molar-refractivity contribution in [1.82, 2.24) is 14.8 Å². The summed E-state index contributed by atoms with van der Waals surface area (Å²) in [6, 6.07) is 1.74. The molecule has 0 unspecified atom stereocenters. The van der Waals surface area contributed by atoms with E-state index in [0.717, 1.165) is 5.56 Å². The number of nitrogens with one attached hydrogen (secondary N) is 1. The molecule has 0 saturated heterocycles. The van der Waals surface area contributed by atoms with Crippen LogP contribution in [0.4, 0.5) is 10.5 Å². The lowest BCUT2D eigenvalue weighted by molar-refractivity contribution is 0.101. The van der Waals surface area contributed by atoms with Crippen LogP contribution in [-0.2, 0) is 6.54 Å². The third-order valence-corrected chi connectivity index (χ3v) is 2.43. The van der Waals surface area contributed by atoms with E-state index in [1.54, 1.807) is 23.1 Å². The first-order valence-corrected chi connectivity index (χ1v) is 5.52. The third-order valence-electron chi connectivity index (χ3n) is 2.43. The van der Waals surface area contributed by atoms with Crippen LogP contribution < -0.4 is 5.32 Å². The highest BCUT2D eigenvalue weighted by molar-refractivity contribution is 5.93. The molecule has 0 aromatic carbocycles. The van der Waals surface area contributed by atoms with Gasteiger partial charge < -0.3 is 5.11 Å². The Hall–Kier alpha value is -2.70. The normalized spacial score (nSPS) is 10.2. The molecule has 2 aromatic heterocycles. The smallest absolute Gasteiger partial charge is 0.409 e. The van der Waals surface area contributed by atoms with E-state index >= 15 is 0 Å². The molecule has 2 rings (SSSR count). The van der Waals surface area contributed by atoms with Crippen molar-refractivity contribution < 1.29 is 14.7 Å². The third kappa shape index (κ3) is 3.38. The maximum absolute atomic E-state index is 11.2. The topological polar surface area (TPSA) is 97.1 Å². The number of Topliss-reactive ketones (excluding diaryl/α,β-unsaturated/α-hetero) is 1. The number of anilines is 1. The Morgan fingerprint density at radius 3 is 2.84 bits per heavy atom. The fraction of sp³-hybridized carbons (Fsp3) is 0.167. The Labute approximate surface area is 108 Å². The fourth-order valence-corrected chi connectivity index (χ4v) is 1.59. The van der Waals surface area contributed by atoms with E-state index in [1.807, 2.05) is 0 Å². The van der Waals surface area contributed by atoms with Gasteiger partial charge in [0.15, 0.2) is 5.78 Å². The molecule has 1 amide bonds. The Bertz CT molecular complexity index is 621. The summed E-state index contributed by atoms with van der Waals surface area (Å²) in [4.78, 5) is 25.7. The van der Waals surface area contributed by atoms with Crippen molar-refractivity contribution >= 4 is 17.6 Å². The number of aromatic nitrogens is 3. The van der Waals surface area contributed by atoms with Crippen LogP contribution in [0.25, 0.3) is 0 Å². The molecule has 0 atom stereocenters. The van der Waals surface area contributed by atoms with Crippen LogP contribution in [-0.4, -0.2) is 31.7 Å². The lowest BCUT2D eigenvalue weighted by Gasteiger charge is -2.03. The monoisotopic (exact) mass is 260 g/mol. The van der Waals surface area contributed by atoms with Crippen LogP contribution in [0.15, 0.2) is 30.9 Å². The van der Waals surface area contributed by atoms with Crippen molar-refractivity contribution in [3.63, 3.8) is 0 Å². The summed E-state index contributed by atoms with van der Waals surface area (Å²) in [6.07, 6.45) is 4.98. The highest BCUT2D eigenvalue weighted by atomic mass is 16.4. The van der Waals surface area contributed by atoms with Gasteiger partial charge in [-0.3, -0.25) is 19.8 Å². The predicted molar refractivity (Wildman–Crippen MR) is 67.2 cm³/mol. The average Bonchev–Trinajstić information content (AvgIpc) is 2.76. The molecule has 0 saturated carbocycles.